The van der Waals surface area contributed by atoms with Crippen molar-refractivity contribution in [3.05, 3.63) is 58.3 Å². The quantitative estimate of drug-likeness (QED) is 0.519. The van der Waals surface area contributed by atoms with Crippen molar-refractivity contribution in [3.8, 4) is 0 Å². The van der Waals surface area contributed by atoms with Crippen LogP contribution >= 0.6 is 22.7 Å². The van der Waals surface area contributed by atoms with Crippen LogP contribution in [0, 0.1) is 0 Å². The number of fused-ring (bicyclic) bond motifs is 3. The van der Waals surface area contributed by atoms with Gasteiger partial charge in [-0.05, 0) is 40.1 Å². The molecule has 0 bridgehead atoms. The molecule has 0 amide bonds. The fourth-order valence-electron chi connectivity index (χ4n) is 2.77. The smallest absolute Gasteiger partial charge is 0.0605 e. The predicted octanol–water partition coefficient (Wildman–Crippen LogP) is 4.87. The van der Waals surface area contributed by atoms with Crippen LogP contribution in [0.1, 0.15) is 11.1 Å². The van der Waals surface area contributed by atoms with Crippen LogP contribution in [0.15, 0.2) is 47.2 Å². The molecule has 0 unspecified atom stereocenters. The van der Waals surface area contributed by atoms with Crippen LogP contribution in [-0.4, -0.2) is 0 Å². The first-order valence-electron chi connectivity index (χ1n) is 6.73. The lowest BCUT2D eigenvalue weighted by Gasteiger charge is -2.09. The Morgan fingerprint density at radius 2 is 1.90 bits per heavy atom. The largest absolute Gasteiger partial charge is 0.398 e. The molecule has 0 aliphatic carbocycles. The molecule has 4 rings (SSSR count). The van der Waals surface area contributed by atoms with E-state index in [1.165, 1.54) is 15.6 Å². The second-order valence-corrected chi connectivity index (χ2v) is 6.98. The number of rotatable bonds is 2. The van der Waals surface area contributed by atoms with Crippen LogP contribution in [0.2, 0.25) is 0 Å². The zero-order chi connectivity index (χ0) is 14.4. The lowest BCUT2D eigenvalue weighted by molar-refractivity contribution is 1.22. The number of anilines is 2. The monoisotopic (exact) mass is 310 g/mol. The Balaban J connectivity index is 2.01. The summed E-state index contributed by atoms with van der Waals surface area (Å²) in [6.07, 6.45) is 0.833. The lowest BCUT2D eigenvalue weighted by atomic mass is 10.0. The summed E-state index contributed by atoms with van der Waals surface area (Å²) in [6, 6.07) is 12.5. The molecule has 4 N–H and O–H groups in total. The molecule has 0 aliphatic heterocycles. The summed E-state index contributed by atoms with van der Waals surface area (Å²) >= 11 is 3.42. The maximum Gasteiger partial charge on any atom is 0.0605 e. The molecule has 0 atom stereocenters. The van der Waals surface area contributed by atoms with Crippen LogP contribution in [0.5, 0.6) is 0 Å². The highest BCUT2D eigenvalue weighted by atomic mass is 32.1. The third-order valence-corrected chi connectivity index (χ3v) is 5.73. The third kappa shape index (κ3) is 1.99. The second-order valence-electron chi connectivity index (χ2n) is 5.15. The van der Waals surface area contributed by atoms with E-state index in [1.54, 1.807) is 22.7 Å². The van der Waals surface area contributed by atoms with Crippen LogP contribution < -0.4 is 11.5 Å². The Morgan fingerprint density at radius 3 is 2.71 bits per heavy atom. The molecule has 2 heterocycles. The van der Waals surface area contributed by atoms with Gasteiger partial charge in [-0.2, -0.15) is 11.3 Å². The van der Waals surface area contributed by atoms with Crippen molar-refractivity contribution in [2.24, 2.45) is 0 Å². The van der Waals surface area contributed by atoms with Gasteiger partial charge in [-0.3, -0.25) is 0 Å². The molecule has 0 radical (unpaired) electrons. The fraction of sp³-hybridized carbons (Fsp3) is 0.0588. The Kier molecular flexibility index (Phi) is 2.87. The average molecular weight is 310 g/mol. The topological polar surface area (TPSA) is 52.0 Å². The first-order valence-corrected chi connectivity index (χ1v) is 8.49. The van der Waals surface area contributed by atoms with Gasteiger partial charge in [-0.25, -0.2) is 0 Å². The van der Waals surface area contributed by atoms with Gasteiger partial charge >= 0.3 is 0 Å². The van der Waals surface area contributed by atoms with Gasteiger partial charge < -0.3 is 11.5 Å². The first-order chi connectivity index (χ1) is 10.2. The van der Waals surface area contributed by atoms with Gasteiger partial charge in [0.15, 0.2) is 0 Å². The van der Waals surface area contributed by atoms with Crippen molar-refractivity contribution in [1.29, 1.82) is 0 Å². The van der Waals surface area contributed by atoms with Gasteiger partial charge in [0.1, 0.15) is 0 Å². The summed E-state index contributed by atoms with van der Waals surface area (Å²) in [7, 11) is 0. The van der Waals surface area contributed by atoms with E-state index in [1.807, 2.05) is 6.07 Å². The highest BCUT2D eigenvalue weighted by molar-refractivity contribution is 7.26. The maximum atomic E-state index is 6.47. The van der Waals surface area contributed by atoms with E-state index in [-0.39, 0.29) is 0 Å². The van der Waals surface area contributed by atoms with Gasteiger partial charge in [0.2, 0.25) is 0 Å². The molecule has 0 spiro atoms. The molecule has 2 aromatic carbocycles. The maximum absolute atomic E-state index is 6.47. The molecule has 0 saturated carbocycles. The van der Waals surface area contributed by atoms with Crippen molar-refractivity contribution in [2.45, 2.75) is 6.42 Å². The zero-order valence-electron chi connectivity index (χ0n) is 11.3. The number of thiophene rings is 2. The molecular weight excluding hydrogens is 296 g/mol. The predicted molar refractivity (Wildman–Crippen MR) is 95.3 cm³/mol. The summed E-state index contributed by atoms with van der Waals surface area (Å²) in [5.41, 5.74) is 16.8. The Bertz CT molecular complexity index is 936. The SMILES string of the molecule is Nc1cc(Cc2ccsc2)c(N)c2c1sc1ccccc12. The summed E-state index contributed by atoms with van der Waals surface area (Å²) in [6.45, 7) is 0. The van der Waals surface area contributed by atoms with Crippen LogP contribution in [0.3, 0.4) is 0 Å². The third-order valence-electron chi connectivity index (χ3n) is 3.78. The van der Waals surface area contributed by atoms with E-state index in [0.717, 1.165) is 33.4 Å². The summed E-state index contributed by atoms with van der Waals surface area (Å²) in [5.74, 6) is 0. The minimum atomic E-state index is 0.825. The molecular formula is C17H14N2S2. The van der Waals surface area contributed by atoms with Crippen LogP contribution in [0.4, 0.5) is 11.4 Å². The molecule has 21 heavy (non-hydrogen) atoms. The van der Waals surface area contributed by atoms with Gasteiger partial charge in [-0.1, -0.05) is 18.2 Å². The molecule has 4 aromatic rings. The molecule has 0 saturated heterocycles. The molecule has 2 aromatic heterocycles. The molecule has 2 nitrogen and oxygen atoms in total. The van der Waals surface area contributed by atoms with Crippen molar-refractivity contribution in [1.82, 2.24) is 0 Å². The standard InChI is InChI=1S/C17H14N2S2/c18-13-8-11(7-10-5-6-20-9-10)16(19)15-12-3-1-2-4-14(12)21-17(13)15/h1-6,8-9H,7,18-19H2. The zero-order valence-corrected chi connectivity index (χ0v) is 12.9. The van der Waals surface area contributed by atoms with Gasteiger partial charge in [0.25, 0.3) is 0 Å². The molecule has 0 fully saturated rings. The van der Waals surface area contributed by atoms with E-state index in [4.69, 9.17) is 11.5 Å². The van der Waals surface area contributed by atoms with Crippen LogP contribution in [0.25, 0.3) is 20.2 Å². The summed E-state index contributed by atoms with van der Waals surface area (Å²) in [5, 5.41) is 6.56. The van der Waals surface area contributed by atoms with Crippen LogP contribution in [-0.2, 0) is 6.42 Å². The number of nitrogens with two attached hydrogens (primary N) is 2. The normalized spacial score (nSPS) is 11.4. The number of hydrogen-bond donors (Lipinski definition) is 2. The van der Waals surface area contributed by atoms with Gasteiger partial charge in [-0.15, -0.1) is 11.3 Å². The summed E-state index contributed by atoms with van der Waals surface area (Å²) < 4.78 is 2.33. The number of benzene rings is 2. The Morgan fingerprint density at radius 1 is 1.05 bits per heavy atom. The molecule has 104 valence electrons. The molecule has 4 heteroatoms. The van der Waals surface area contributed by atoms with E-state index in [0.29, 0.717) is 0 Å². The van der Waals surface area contributed by atoms with Crippen molar-refractivity contribution >= 4 is 54.2 Å². The van der Waals surface area contributed by atoms with Gasteiger partial charge in [0, 0.05) is 33.3 Å². The molecule has 0 aliphatic rings. The van der Waals surface area contributed by atoms with E-state index < -0.39 is 0 Å². The lowest BCUT2D eigenvalue weighted by Crippen LogP contribution is -1.98. The minimum absolute atomic E-state index is 0.825. The van der Waals surface area contributed by atoms with E-state index in [9.17, 15) is 0 Å². The van der Waals surface area contributed by atoms with Crippen molar-refractivity contribution < 1.29 is 0 Å². The van der Waals surface area contributed by atoms with E-state index in [2.05, 4.69) is 41.1 Å². The highest BCUT2D eigenvalue weighted by Gasteiger charge is 2.14. The van der Waals surface area contributed by atoms with Gasteiger partial charge in [0.05, 0.1) is 4.70 Å². The average Bonchev–Trinajstić information content (AvgIpc) is 3.11. The minimum Gasteiger partial charge on any atom is -0.398 e. The second kappa shape index (κ2) is 4.76. The Labute approximate surface area is 130 Å². The fourth-order valence-corrected chi connectivity index (χ4v) is 4.58. The number of nitrogen functional groups attached to an aromatic ring is 2. The Hall–Kier alpha value is -2.04. The van der Waals surface area contributed by atoms with Crippen molar-refractivity contribution in [2.75, 3.05) is 11.5 Å². The number of hydrogen-bond acceptors (Lipinski definition) is 4. The summed E-state index contributed by atoms with van der Waals surface area (Å²) in [4.78, 5) is 0. The highest BCUT2D eigenvalue weighted by Crippen LogP contribution is 2.42. The first kappa shape index (κ1) is 12.7. The van der Waals surface area contributed by atoms with E-state index >= 15 is 0 Å². The van der Waals surface area contributed by atoms with Crippen molar-refractivity contribution in [3.63, 3.8) is 0 Å².